The molecule has 1 nitrogen and oxygen atoms in total. The lowest BCUT2D eigenvalue weighted by Crippen LogP contribution is -2.17. The zero-order valence-corrected chi connectivity index (χ0v) is 11.5. The highest BCUT2D eigenvalue weighted by Gasteiger charge is 2.19. The molecule has 0 heterocycles. The number of rotatable bonds is 3. The minimum absolute atomic E-state index is 0.00687. The van der Waals surface area contributed by atoms with Crippen LogP contribution in [0.15, 0.2) is 30.3 Å². The number of nitrogens with two attached hydrogens (primary N) is 1. The lowest BCUT2D eigenvalue weighted by molar-refractivity contribution is 0.481. The normalized spacial score (nSPS) is 12.5. The molecule has 1 atom stereocenters. The summed E-state index contributed by atoms with van der Waals surface area (Å²) in [5, 5.41) is 0.216. The Labute approximate surface area is 120 Å². The maximum Gasteiger partial charge on any atom is 0.163 e. The first-order valence-corrected chi connectivity index (χ1v) is 6.42. The zero-order valence-electron chi connectivity index (χ0n) is 10.8. The van der Waals surface area contributed by atoms with Gasteiger partial charge in [-0.1, -0.05) is 29.8 Å². The topological polar surface area (TPSA) is 26.0 Å². The van der Waals surface area contributed by atoms with Crippen LogP contribution in [0.5, 0.6) is 0 Å². The molecule has 0 saturated carbocycles. The van der Waals surface area contributed by atoms with Gasteiger partial charge < -0.3 is 5.73 Å². The summed E-state index contributed by atoms with van der Waals surface area (Å²) in [6, 6.07) is 6.22. The third-order valence-corrected chi connectivity index (χ3v) is 3.54. The third kappa shape index (κ3) is 2.81. The fourth-order valence-corrected chi connectivity index (χ4v) is 2.24. The Kier molecular flexibility index (Phi) is 4.35. The Bertz CT molecular complexity index is 623. The van der Waals surface area contributed by atoms with Crippen molar-refractivity contribution in [1.82, 2.24) is 0 Å². The highest BCUT2D eigenvalue weighted by molar-refractivity contribution is 6.31. The first-order valence-electron chi connectivity index (χ1n) is 6.04. The molecule has 0 spiro atoms. The Hall–Kier alpha value is -1.52. The van der Waals surface area contributed by atoms with E-state index in [1.165, 1.54) is 37.3 Å². The van der Waals surface area contributed by atoms with Gasteiger partial charge in [0.1, 0.15) is 5.82 Å². The molecule has 2 N–H and O–H groups in total. The minimum Gasteiger partial charge on any atom is -0.324 e. The van der Waals surface area contributed by atoms with Crippen LogP contribution in [0.2, 0.25) is 5.02 Å². The number of benzene rings is 2. The van der Waals surface area contributed by atoms with Crippen LogP contribution in [0.3, 0.4) is 0 Å². The average Bonchev–Trinajstić information content (AvgIpc) is 2.40. The molecule has 0 saturated heterocycles. The maximum atomic E-state index is 13.8. The van der Waals surface area contributed by atoms with E-state index >= 15 is 0 Å². The largest absolute Gasteiger partial charge is 0.324 e. The maximum absolute atomic E-state index is 13.8. The second-order valence-corrected chi connectivity index (χ2v) is 5.02. The molecular formula is C15H13ClF3N. The minimum atomic E-state index is -0.995. The highest BCUT2D eigenvalue weighted by Crippen LogP contribution is 2.27. The number of hydrogen-bond acceptors (Lipinski definition) is 1. The molecule has 0 aliphatic rings. The Morgan fingerprint density at radius 2 is 1.80 bits per heavy atom. The molecule has 0 aromatic heterocycles. The van der Waals surface area contributed by atoms with Crippen molar-refractivity contribution in [3.8, 4) is 0 Å². The lowest BCUT2D eigenvalue weighted by Gasteiger charge is -2.15. The SMILES string of the molecule is Cc1ccc(C(N)Cc2c(F)cccc2Cl)c(F)c1F. The average molecular weight is 300 g/mol. The van der Waals surface area contributed by atoms with Gasteiger partial charge in [0.25, 0.3) is 0 Å². The van der Waals surface area contributed by atoms with Crippen molar-refractivity contribution in [2.24, 2.45) is 5.73 Å². The van der Waals surface area contributed by atoms with Crippen LogP contribution in [-0.4, -0.2) is 0 Å². The molecule has 0 radical (unpaired) electrons. The fourth-order valence-electron chi connectivity index (χ4n) is 2.00. The second kappa shape index (κ2) is 5.85. The van der Waals surface area contributed by atoms with Crippen LogP contribution >= 0.6 is 11.6 Å². The van der Waals surface area contributed by atoms with Crippen molar-refractivity contribution >= 4 is 11.6 Å². The first kappa shape index (κ1) is 14.9. The summed E-state index contributed by atoms with van der Waals surface area (Å²) in [5.41, 5.74) is 6.25. The molecule has 0 aliphatic carbocycles. The predicted octanol–water partition coefficient (Wildman–Crippen LogP) is 4.31. The summed E-state index contributed by atoms with van der Waals surface area (Å²) in [6.07, 6.45) is -0.00900. The van der Waals surface area contributed by atoms with E-state index in [2.05, 4.69) is 0 Å². The van der Waals surface area contributed by atoms with E-state index in [1.54, 1.807) is 0 Å². The third-order valence-electron chi connectivity index (χ3n) is 3.19. The van der Waals surface area contributed by atoms with Crippen LogP contribution in [0.25, 0.3) is 0 Å². The van der Waals surface area contributed by atoms with Crippen molar-refractivity contribution in [3.05, 3.63) is 69.5 Å². The fraction of sp³-hybridized carbons (Fsp3) is 0.200. The summed E-state index contributed by atoms with van der Waals surface area (Å²) in [6.45, 7) is 1.46. The summed E-state index contributed by atoms with van der Waals surface area (Å²) in [5.74, 6) is -2.44. The van der Waals surface area contributed by atoms with Gasteiger partial charge >= 0.3 is 0 Å². The van der Waals surface area contributed by atoms with Crippen molar-refractivity contribution in [3.63, 3.8) is 0 Å². The van der Waals surface area contributed by atoms with Crippen LogP contribution < -0.4 is 5.73 Å². The number of aryl methyl sites for hydroxylation is 1. The molecule has 0 aliphatic heterocycles. The van der Waals surface area contributed by atoms with E-state index < -0.39 is 23.5 Å². The summed E-state index contributed by atoms with van der Waals surface area (Å²) in [4.78, 5) is 0. The molecular weight excluding hydrogens is 287 g/mol. The van der Waals surface area contributed by atoms with Gasteiger partial charge in [-0.05, 0) is 31.0 Å². The molecule has 5 heteroatoms. The molecule has 2 aromatic carbocycles. The molecule has 0 fully saturated rings. The zero-order chi connectivity index (χ0) is 14.9. The Morgan fingerprint density at radius 1 is 1.10 bits per heavy atom. The summed E-state index contributed by atoms with van der Waals surface area (Å²) < 4.78 is 41.0. The smallest absolute Gasteiger partial charge is 0.163 e. The molecule has 20 heavy (non-hydrogen) atoms. The molecule has 2 rings (SSSR count). The van der Waals surface area contributed by atoms with Gasteiger partial charge in [-0.25, -0.2) is 13.2 Å². The van der Waals surface area contributed by atoms with E-state index in [4.69, 9.17) is 17.3 Å². The van der Waals surface area contributed by atoms with Gasteiger partial charge in [-0.15, -0.1) is 0 Å². The first-order chi connectivity index (χ1) is 9.41. The quantitative estimate of drug-likeness (QED) is 0.898. The van der Waals surface area contributed by atoms with Crippen LogP contribution in [0.4, 0.5) is 13.2 Å². The van der Waals surface area contributed by atoms with Crippen LogP contribution in [0.1, 0.15) is 22.7 Å². The molecule has 2 aromatic rings. The van der Waals surface area contributed by atoms with Gasteiger partial charge in [0, 0.05) is 22.2 Å². The summed E-state index contributed by atoms with van der Waals surface area (Å²) >= 11 is 5.89. The number of hydrogen-bond donors (Lipinski definition) is 1. The lowest BCUT2D eigenvalue weighted by atomic mass is 9.97. The van der Waals surface area contributed by atoms with Gasteiger partial charge in [-0.3, -0.25) is 0 Å². The number of halogens is 4. The van der Waals surface area contributed by atoms with Gasteiger partial charge in [0.2, 0.25) is 0 Å². The van der Waals surface area contributed by atoms with Crippen molar-refractivity contribution < 1.29 is 13.2 Å². The van der Waals surface area contributed by atoms with E-state index in [1.807, 2.05) is 0 Å². The van der Waals surface area contributed by atoms with Crippen molar-refractivity contribution in [2.45, 2.75) is 19.4 Å². The highest BCUT2D eigenvalue weighted by atomic mass is 35.5. The van der Waals surface area contributed by atoms with Gasteiger partial charge in [0.15, 0.2) is 11.6 Å². The van der Waals surface area contributed by atoms with Crippen molar-refractivity contribution in [1.29, 1.82) is 0 Å². The Morgan fingerprint density at radius 3 is 2.45 bits per heavy atom. The molecule has 106 valence electrons. The van der Waals surface area contributed by atoms with E-state index in [9.17, 15) is 13.2 Å². The predicted molar refractivity (Wildman–Crippen MR) is 73.1 cm³/mol. The standard InChI is InChI=1S/C15H13ClF3N/c1-8-5-6-9(15(19)14(8)18)13(20)7-10-11(16)3-2-4-12(10)17/h2-6,13H,7,20H2,1H3. The van der Waals surface area contributed by atoms with E-state index in [-0.39, 0.29) is 28.1 Å². The van der Waals surface area contributed by atoms with Crippen LogP contribution in [0, 0.1) is 24.4 Å². The van der Waals surface area contributed by atoms with Gasteiger partial charge in [0.05, 0.1) is 0 Å². The molecule has 0 amide bonds. The van der Waals surface area contributed by atoms with E-state index in [0.717, 1.165) is 0 Å². The molecule has 1 unspecified atom stereocenters. The summed E-state index contributed by atoms with van der Waals surface area (Å²) in [7, 11) is 0. The Balaban J connectivity index is 2.34. The van der Waals surface area contributed by atoms with E-state index in [0.29, 0.717) is 0 Å². The van der Waals surface area contributed by atoms with Gasteiger partial charge in [-0.2, -0.15) is 0 Å². The second-order valence-electron chi connectivity index (χ2n) is 4.61. The van der Waals surface area contributed by atoms with Crippen LogP contribution in [-0.2, 0) is 6.42 Å². The van der Waals surface area contributed by atoms with Crippen molar-refractivity contribution in [2.75, 3.05) is 0 Å². The monoisotopic (exact) mass is 299 g/mol. The molecule has 0 bridgehead atoms.